The standard InChI is InChI=1S/C22H33N5O5S2/c1-2-32-19(28)17-13-24-21(25-17)34(30,31)18-14-23-20(33-18)26-22(29)27(15-9-5-3-6-10-15)16-11-7-4-8-12-16/h14-17H,2-13H2,1H3,(H,24,25)(H,23,26,29). The zero-order valence-electron chi connectivity index (χ0n) is 19.5. The van der Waals surface area contributed by atoms with E-state index in [4.69, 9.17) is 4.74 Å². The van der Waals surface area contributed by atoms with Gasteiger partial charge in [-0.3, -0.25) is 5.32 Å². The molecule has 12 heteroatoms. The number of nitrogens with one attached hydrogen (secondary N) is 2. The van der Waals surface area contributed by atoms with Gasteiger partial charge in [0.25, 0.3) is 0 Å². The maximum atomic E-state index is 13.4. The number of thiazole rings is 1. The van der Waals surface area contributed by atoms with E-state index >= 15 is 0 Å². The van der Waals surface area contributed by atoms with Gasteiger partial charge >= 0.3 is 12.0 Å². The Morgan fingerprint density at radius 2 is 1.74 bits per heavy atom. The summed E-state index contributed by atoms with van der Waals surface area (Å²) in [6, 6.07) is -0.652. The minimum atomic E-state index is -3.97. The van der Waals surface area contributed by atoms with Gasteiger partial charge in [0.2, 0.25) is 15.0 Å². The lowest BCUT2D eigenvalue weighted by Gasteiger charge is -2.41. The third kappa shape index (κ3) is 5.54. The number of aromatic nitrogens is 1. The third-order valence-electron chi connectivity index (χ3n) is 6.67. The summed E-state index contributed by atoms with van der Waals surface area (Å²) in [4.78, 5) is 35.4. The number of esters is 1. The van der Waals surface area contributed by atoms with Crippen molar-refractivity contribution in [3.05, 3.63) is 6.20 Å². The normalized spacial score (nSPS) is 22.0. The highest BCUT2D eigenvalue weighted by Crippen LogP contribution is 2.32. The molecule has 0 saturated heterocycles. The molecule has 1 aliphatic heterocycles. The summed E-state index contributed by atoms with van der Waals surface area (Å²) in [6.07, 6.45) is 12.2. The first kappa shape index (κ1) is 24.9. The van der Waals surface area contributed by atoms with Crippen molar-refractivity contribution >= 4 is 43.5 Å². The molecular weight excluding hydrogens is 478 g/mol. The van der Waals surface area contributed by atoms with E-state index in [9.17, 15) is 18.0 Å². The Labute approximate surface area is 204 Å². The van der Waals surface area contributed by atoms with Crippen molar-refractivity contribution in [1.82, 2.24) is 15.2 Å². The molecule has 4 rings (SSSR count). The third-order valence-corrected chi connectivity index (χ3v) is 9.68. The van der Waals surface area contributed by atoms with Crippen LogP contribution >= 0.6 is 11.3 Å². The van der Waals surface area contributed by atoms with Crippen LogP contribution in [-0.2, 0) is 19.4 Å². The van der Waals surface area contributed by atoms with Crippen LogP contribution in [-0.4, -0.2) is 66.7 Å². The molecule has 2 fully saturated rings. The molecule has 2 aliphatic carbocycles. The van der Waals surface area contributed by atoms with Gasteiger partial charge in [-0.2, -0.15) is 0 Å². The molecule has 2 heterocycles. The van der Waals surface area contributed by atoms with E-state index in [1.807, 2.05) is 4.90 Å². The van der Waals surface area contributed by atoms with Crippen molar-refractivity contribution < 1.29 is 22.7 Å². The summed E-state index contributed by atoms with van der Waals surface area (Å²) in [7, 11) is -3.97. The lowest BCUT2D eigenvalue weighted by molar-refractivity contribution is -0.144. The number of aliphatic imine (C=N–C) groups is 1. The van der Waals surface area contributed by atoms with Gasteiger partial charge in [0.15, 0.2) is 11.2 Å². The average Bonchev–Trinajstić information content (AvgIpc) is 3.52. The number of amidine groups is 1. The number of anilines is 1. The molecule has 1 aromatic heterocycles. The van der Waals surface area contributed by atoms with Gasteiger partial charge in [0.1, 0.15) is 4.21 Å². The minimum Gasteiger partial charge on any atom is -0.464 e. The number of rotatable bonds is 6. The van der Waals surface area contributed by atoms with E-state index in [-0.39, 0.29) is 45.8 Å². The van der Waals surface area contributed by atoms with E-state index in [0.717, 1.165) is 62.7 Å². The van der Waals surface area contributed by atoms with Crippen LogP contribution in [0.1, 0.15) is 71.1 Å². The zero-order chi connectivity index (χ0) is 24.1. The smallest absolute Gasteiger partial charge is 0.332 e. The molecule has 188 valence electrons. The molecule has 1 unspecified atom stereocenters. The lowest BCUT2D eigenvalue weighted by atomic mass is 9.89. The van der Waals surface area contributed by atoms with Crippen LogP contribution in [0.25, 0.3) is 0 Å². The maximum absolute atomic E-state index is 13.4. The number of carbonyl (C=O) groups excluding carboxylic acids is 2. The molecule has 0 bridgehead atoms. The highest BCUT2D eigenvalue weighted by molar-refractivity contribution is 8.07. The fourth-order valence-corrected chi connectivity index (χ4v) is 7.37. The molecule has 1 aromatic rings. The Kier molecular flexibility index (Phi) is 8.07. The second-order valence-electron chi connectivity index (χ2n) is 8.99. The second kappa shape index (κ2) is 11.0. The maximum Gasteiger partial charge on any atom is 0.332 e. The van der Waals surface area contributed by atoms with Crippen molar-refractivity contribution in [3.63, 3.8) is 0 Å². The molecule has 10 nitrogen and oxygen atoms in total. The first-order chi connectivity index (χ1) is 16.4. The topological polar surface area (TPSA) is 130 Å². The van der Waals surface area contributed by atoms with Crippen LogP contribution in [0.2, 0.25) is 0 Å². The number of hydrogen-bond acceptors (Lipinski definition) is 9. The minimum absolute atomic E-state index is 0.0413. The second-order valence-corrected chi connectivity index (χ2v) is 12.1. The van der Waals surface area contributed by atoms with Gasteiger partial charge in [-0.05, 0) is 32.6 Å². The van der Waals surface area contributed by atoms with Crippen molar-refractivity contribution in [2.24, 2.45) is 4.99 Å². The van der Waals surface area contributed by atoms with Gasteiger partial charge in [0, 0.05) is 12.1 Å². The molecule has 0 aromatic carbocycles. The molecule has 0 radical (unpaired) electrons. The molecule has 3 aliphatic rings. The predicted octanol–water partition coefficient (Wildman–Crippen LogP) is 3.31. The van der Waals surface area contributed by atoms with E-state index in [1.165, 1.54) is 19.0 Å². The summed E-state index contributed by atoms with van der Waals surface area (Å²) in [5.41, 5.74) is 0. The van der Waals surface area contributed by atoms with Crippen molar-refractivity contribution in [3.8, 4) is 0 Å². The number of ether oxygens (including phenoxy) is 1. The zero-order valence-corrected chi connectivity index (χ0v) is 21.1. The Bertz CT molecular complexity index is 995. The summed E-state index contributed by atoms with van der Waals surface area (Å²) in [5.74, 6) is -0.567. The number of sulfone groups is 1. The summed E-state index contributed by atoms with van der Waals surface area (Å²) >= 11 is 0.891. The van der Waals surface area contributed by atoms with E-state index in [1.54, 1.807) is 6.92 Å². The number of nitrogens with zero attached hydrogens (tertiary/aromatic N) is 3. The Morgan fingerprint density at radius 3 is 2.32 bits per heavy atom. The van der Waals surface area contributed by atoms with E-state index < -0.39 is 21.8 Å². The average molecular weight is 512 g/mol. The Hall–Kier alpha value is -2.21. The molecule has 2 amide bonds. The van der Waals surface area contributed by atoms with Gasteiger partial charge < -0.3 is 15.0 Å². The highest BCUT2D eigenvalue weighted by atomic mass is 32.2. The van der Waals surface area contributed by atoms with Crippen LogP contribution in [0.4, 0.5) is 9.93 Å². The first-order valence-corrected chi connectivity index (χ1v) is 14.5. The Balaban J connectivity index is 1.47. The number of urea groups is 1. The number of amides is 2. The van der Waals surface area contributed by atoms with Gasteiger partial charge in [-0.1, -0.05) is 49.9 Å². The van der Waals surface area contributed by atoms with Gasteiger partial charge in [-0.15, -0.1) is 0 Å². The van der Waals surface area contributed by atoms with Crippen LogP contribution in [0.3, 0.4) is 0 Å². The summed E-state index contributed by atoms with van der Waals surface area (Å²) in [6.45, 7) is 1.94. The largest absolute Gasteiger partial charge is 0.464 e. The first-order valence-electron chi connectivity index (χ1n) is 12.2. The summed E-state index contributed by atoms with van der Waals surface area (Å²) in [5, 5.41) is 5.50. The van der Waals surface area contributed by atoms with E-state index in [0.29, 0.717) is 0 Å². The monoisotopic (exact) mass is 511 g/mol. The fraction of sp³-hybridized carbons (Fsp3) is 0.727. The van der Waals surface area contributed by atoms with Crippen molar-refractivity contribution in [1.29, 1.82) is 0 Å². The molecular formula is C22H33N5O5S2. The van der Waals surface area contributed by atoms with E-state index in [2.05, 4.69) is 20.6 Å². The van der Waals surface area contributed by atoms with Crippen LogP contribution in [0.15, 0.2) is 15.4 Å². The van der Waals surface area contributed by atoms with Crippen LogP contribution < -0.4 is 10.6 Å². The molecule has 34 heavy (non-hydrogen) atoms. The van der Waals surface area contributed by atoms with Crippen LogP contribution in [0.5, 0.6) is 0 Å². The quantitative estimate of drug-likeness (QED) is 0.560. The fourth-order valence-electron chi connectivity index (χ4n) is 5.00. The van der Waals surface area contributed by atoms with Gasteiger partial charge in [-0.25, -0.2) is 28.0 Å². The molecule has 2 N–H and O–H groups in total. The molecule has 0 spiro atoms. The van der Waals surface area contributed by atoms with Crippen molar-refractivity contribution in [2.45, 2.75) is 93.5 Å². The Morgan fingerprint density at radius 1 is 1.12 bits per heavy atom. The number of hydrogen-bond donors (Lipinski definition) is 2. The lowest BCUT2D eigenvalue weighted by Crippen LogP contribution is -2.50. The highest BCUT2D eigenvalue weighted by Gasteiger charge is 2.35. The molecule has 2 saturated carbocycles. The molecule has 1 atom stereocenters. The SMILES string of the molecule is CCOC(=O)C1CNC(S(=O)(=O)c2cnc(NC(=O)N(C3CCCCC3)C3CCCCC3)s2)=N1. The predicted molar refractivity (Wildman–Crippen MR) is 130 cm³/mol. The van der Waals surface area contributed by atoms with Crippen LogP contribution in [0, 0.1) is 0 Å². The van der Waals surface area contributed by atoms with Gasteiger partial charge in [0.05, 0.1) is 19.3 Å². The summed E-state index contributed by atoms with van der Waals surface area (Å²) < 4.78 is 30.9. The number of carbonyl (C=O) groups is 2. The van der Waals surface area contributed by atoms with Crippen molar-refractivity contribution in [2.75, 3.05) is 18.5 Å².